The molecule has 4 N–H and O–H groups in total. The SMILES string of the molecule is CCN(CC)CCCCN(CC)COP(=O)(O)OP(=O)(O)OCC1OC(n2ccc(=O)n(Cc3nn(C)c4ccccc34)c2=O)[C@@H](O)C1O. The number of hydrogen-bond donors (Lipinski definition) is 4. The zero-order chi connectivity index (χ0) is 35.9. The second-order valence-corrected chi connectivity index (χ2v) is 14.6. The highest BCUT2D eigenvalue weighted by Gasteiger charge is 2.46. The number of unbranched alkanes of at least 4 members (excludes halogenated alkanes) is 1. The fraction of sp³-hybridized carbons (Fsp3) is 0.621. The third kappa shape index (κ3) is 10.0. The molecule has 1 aromatic carbocycles. The van der Waals surface area contributed by atoms with Crippen LogP contribution in [0.2, 0.25) is 0 Å². The van der Waals surface area contributed by atoms with Crippen LogP contribution >= 0.6 is 15.6 Å². The Morgan fingerprint density at radius 2 is 1.55 bits per heavy atom. The number of aryl methyl sites for hydroxylation is 1. The molecule has 20 heteroatoms. The Hall–Kier alpha value is -2.57. The Bertz CT molecular complexity index is 1760. The Morgan fingerprint density at radius 3 is 2.22 bits per heavy atom. The quantitative estimate of drug-likeness (QED) is 0.0773. The summed E-state index contributed by atoms with van der Waals surface area (Å²) in [7, 11) is -8.61. The lowest BCUT2D eigenvalue weighted by Crippen LogP contribution is -2.43. The van der Waals surface area contributed by atoms with Gasteiger partial charge in [-0.3, -0.25) is 32.6 Å². The number of phosphoric acid groups is 2. The van der Waals surface area contributed by atoms with Gasteiger partial charge in [0.05, 0.1) is 24.4 Å². The summed E-state index contributed by atoms with van der Waals surface area (Å²) in [5.41, 5.74) is -0.280. The molecule has 4 rings (SSSR count). The number of fused-ring (bicyclic) bond motifs is 1. The van der Waals surface area contributed by atoms with Crippen molar-refractivity contribution in [2.24, 2.45) is 7.05 Å². The third-order valence-corrected chi connectivity index (χ3v) is 11.0. The van der Waals surface area contributed by atoms with Gasteiger partial charge < -0.3 is 29.6 Å². The maximum Gasteiger partial charge on any atom is 0.482 e. The Morgan fingerprint density at radius 1 is 0.918 bits per heavy atom. The molecule has 0 spiro atoms. The minimum Gasteiger partial charge on any atom is -0.387 e. The van der Waals surface area contributed by atoms with Crippen molar-refractivity contribution in [1.82, 2.24) is 28.7 Å². The van der Waals surface area contributed by atoms with Crippen molar-refractivity contribution >= 4 is 26.5 Å². The minimum atomic E-state index is -5.26. The second kappa shape index (κ2) is 17.1. The van der Waals surface area contributed by atoms with E-state index in [0.29, 0.717) is 18.8 Å². The maximum absolute atomic E-state index is 13.4. The summed E-state index contributed by atoms with van der Waals surface area (Å²) in [5, 5.41) is 26.5. The monoisotopic (exact) mass is 732 g/mol. The van der Waals surface area contributed by atoms with Crippen LogP contribution in [-0.2, 0) is 40.8 Å². The number of hydrogen-bond acceptors (Lipinski definition) is 13. The van der Waals surface area contributed by atoms with Gasteiger partial charge >= 0.3 is 21.3 Å². The Balaban J connectivity index is 1.34. The molecule has 3 heterocycles. The van der Waals surface area contributed by atoms with Gasteiger partial charge in [-0.1, -0.05) is 39.0 Å². The molecular weight excluding hydrogens is 686 g/mol. The van der Waals surface area contributed by atoms with Gasteiger partial charge in [0.2, 0.25) is 0 Å². The Labute approximate surface area is 283 Å². The molecular formula is C29H46N6O12P2. The lowest BCUT2D eigenvalue weighted by Gasteiger charge is -2.23. The summed E-state index contributed by atoms with van der Waals surface area (Å²) in [6.07, 6.45) is -3.66. The van der Waals surface area contributed by atoms with Crippen molar-refractivity contribution in [3.05, 3.63) is 63.1 Å². The molecule has 5 unspecified atom stereocenters. The van der Waals surface area contributed by atoms with E-state index in [0.717, 1.165) is 64.8 Å². The van der Waals surface area contributed by atoms with Gasteiger partial charge in [0.15, 0.2) is 6.23 Å². The number of benzene rings is 1. The largest absolute Gasteiger partial charge is 0.482 e. The van der Waals surface area contributed by atoms with Crippen LogP contribution in [0.4, 0.5) is 0 Å². The lowest BCUT2D eigenvalue weighted by atomic mass is 10.1. The standard InChI is InChI=1S/C29H46N6O12P2/c1-5-32(6-2)15-10-11-16-33(7-3)20-45-49(42,43)47-48(40,41)44-19-24-26(37)27(38)28(46-24)34-17-14-25(36)35(29(34)39)18-22-21-12-8-9-13-23(21)31(4)30-22/h8-9,12-14,17,24,26-28,37-38H,5-7,10-11,15-16,18-20H2,1-4H3,(H,40,41)(H,42,43)/t24?,26?,27-,28?/m0/s1. The molecule has 2 aromatic heterocycles. The number of rotatable bonds is 19. The van der Waals surface area contributed by atoms with E-state index in [-0.39, 0.29) is 13.3 Å². The zero-order valence-electron chi connectivity index (χ0n) is 28.0. The minimum absolute atomic E-state index is 0.196. The summed E-state index contributed by atoms with van der Waals surface area (Å²) in [6.45, 7) is 8.43. The summed E-state index contributed by atoms with van der Waals surface area (Å²) < 4.78 is 48.2. The topological polar surface area (TPSA) is 220 Å². The van der Waals surface area contributed by atoms with Gasteiger partial charge in [-0.05, 0) is 45.1 Å². The van der Waals surface area contributed by atoms with E-state index in [1.54, 1.807) is 28.8 Å². The van der Waals surface area contributed by atoms with Crippen LogP contribution in [0.1, 0.15) is 45.5 Å². The van der Waals surface area contributed by atoms with E-state index in [1.165, 1.54) is 0 Å². The maximum atomic E-state index is 13.4. The van der Waals surface area contributed by atoms with Gasteiger partial charge in [-0.25, -0.2) is 13.9 Å². The number of phosphoric ester groups is 2. The van der Waals surface area contributed by atoms with Crippen LogP contribution in [0.5, 0.6) is 0 Å². The molecule has 0 aliphatic carbocycles. The molecule has 274 valence electrons. The van der Waals surface area contributed by atoms with E-state index in [9.17, 15) is 38.7 Å². The van der Waals surface area contributed by atoms with Crippen molar-refractivity contribution in [3.8, 4) is 0 Å². The first-order chi connectivity index (χ1) is 23.2. The van der Waals surface area contributed by atoms with Crippen LogP contribution in [-0.4, -0.2) is 113 Å². The summed E-state index contributed by atoms with van der Waals surface area (Å²) >= 11 is 0. The predicted octanol–water partition coefficient (Wildman–Crippen LogP) is 1.22. The molecule has 0 radical (unpaired) electrons. The number of para-hydroxylation sites is 1. The normalized spacial score (nSPS) is 22.2. The van der Waals surface area contributed by atoms with Crippen LogP contribution in [0.15, 0.2) is 46.1 Å². The predicted molar refractivity (Wildman–Crippen MR) is 178 cm³/mol. The zero-order valence-corrected chi connectivity index (χ0v) is 29.8. The van der Waals surface area contributed by atoms with Crippen LogP contribution in [0.3, 0.4) is 0 Å². The average Bonchev–Trinajstić information content (AvgIpc) is 3.53. The first-order valence-electron chi connectivity index (χ1n) is 16.0. The van der Waals surface area contributed by atoms with E-state index >= 15 is 0 Å². The third-order valence-electron chi connectivity index (χ3n) is 8.40. The van der Waals surface area contributed by atoms with Crippen molar-refractivity contribution in [2.45, 2.75) is 64.7 Å². The van der Waals surface area contributed by atoms with E-state index in [1.807, 2.05) is 19.1 Å². The summed E-state index contributed by atoms with van der Waals surface area (Å²) in [5.74, 6) is 0. The molecule has 0 saturated carbocycles. The number of aliphatic hydroxyl groups is 2. The number of ether oxygens (including phenoxy) is 1. The van der Waals surface area contributed by atoms with E-state index < -0.39 is 58.0 Å². The molecule has 1 fully saturated rings. The number of nitrogens with zero attached hydrogens (tertiary/aromatic N) is 6. The van der Waals surface area contributed by atoms with Crippen molar-refractivity contribution < 1.29 is 47.2 Å². The molecule has 0 bridgehead atoms. The van der Waals surface area contributed by atoms with Crippen molar-refractivity contribution in [3.63, 3.8) is 0 Å². The molecule has 6 atom stereocenters. The van der Waals surface area contributed by atoms with Gasteiger partial charge in [-0.2, -0.15) is 9.41 Å². The average molecular weight is 733 g/mol. The van der Waals surface area contributed by atoms with Gasteiger partial charge in [-0.15, -0.1) is 0 Å². The fourth-order valence-corrected chi connectivity index (χ4v) is 7.61. The van der Waals surface area contributed by atoms with Gasteiger partial charge in [0, 0.05) is 31.2 Å². The van der Waals surface area contributed by atoms with Crippen LogP contribution in [0, 0.1) is 0 Å². The molecule has 49 heavy (non-hydrogen) atoms. The molecule has 0 amide bonds. The van der Waals surface area contributed by atoms with Crippen molar-refractivity contribution in [1.29, 1.82) is 0 Å². The highest BCUT2D eigenvalue weighted by Crippen LogP contribution is 2.60. The highest BCUT2D eigenvalue weighted by molar-refractivity contribution is 7.61. The molecule has 18 nitrogen and oxygen atoms in total. The molecule has 1 aliphatic rings. The highest BCUT2D eigenvalue weighted by atomic mass is 31.3. The van der Waals surface area contributed by atoms with E-state index in [4.69, 9.17) is 13.8 Å². The smallest absolute Gasteiger partial charge is 0.387 e. The summed E-state index contributed by atoms with van der Waals surface area (Å²) in [6, 6.07) is 8.35. The first kappa shape index (κ1) is 39.2. The summed E-state index contributed by atoms with van der Waals surface area (Å²) in [4.78, 5) is 50.4. The van der Waals surface area contributed by atoms with Crippen molar-refractivity contribution in [2.75, 3.05) is 46.1 Å². The Kier molecular flexibility index (Phi) is 13.7. The van der Waals surface area contributed by atoms with E-state index in [2.05, 4.69) is 28.2 Å². The number of aromatic nitrogens is 4. The number of aliphatic hydroxyl groups excluding tert-OH is 2. The molecule has 1 saturated heterocycles. The molecule has 3 aromatic rings. The molecule has 1 aliphatic heterocycles. The van der Waals surface area contributed by atoms with Gasteiger partial charge in [0.1, 0.15) is 25.0 Å². The van der Waals surface area contributed by atoms with Crippen LogP contribution < -0.4 is 11.2 Å². The first-order valence-corrected chi connectivity index (χ1v) is 19.0. The van der Waals surface area contributed by atoms with Gasteiger partial charge in [0.25, 0.3) is 5.56 Å². The lowest BCUT2D eigenvalue weighted by molar-refractivity contribution is -0.0549. The second-order valence-electron chi connectivity index (χ2n) is 11.6. The fourth-order valence-electron chi connectivity index (χ4n) is 5.55. The van der Waals surface area contributed by atoms with Crippen LogP contribution in [0.25, 0.3) is 10.9 Å².